The third-order valence-electron chi connectivity index (χ3n) is 3.95. The number of sulfone groups is 1. The summed E-state index contributed by atoms with van der Waals surface area (Å²) in [5, 5.41) is 0. The van der Waals surface area contributed by atoms with Crippen molar-refractivity contribution in [2.45, 2.75) is 12.3 Å². The monoisotopic (exact) mass is 280 g/mol. The molecule has 2 saturated heterocycles. The number of hydrogen-bond donors (Lipinski definition) is 0. The quantitative estimate of drug-likeness (QED) is 0.788. The molecule has 0 radical (unpaired) electrons. The fourth-order valence-electron chi connectivity index (χ4n) is 2.75. The molecule has 0 saturated carbocycles. The zero-order valence-electron chi connectivity index (χ0n) is 10.5. The number of amides is 1. The van der Waals surface area contributed by atoms with Crippen molar-refractivity contribution in [3.8, 4) is 0 Å². The number of rotatable bonds is 2. The Labute approximate surface area is 112 Å². The van der Waals surface area contributed by atoms with Crippen molar-refractivity contribution in [1.82, 2.24) is 9.88 Å². The van der Waals surface area contributed by atoms with Crippen molar-refractivity contribution >= 4 is 15.7 Å². The molecule has 1 aromatic heterocycles. The van der Waals surface area contributed by atoms with Crippen molar-refractivity contribution in [3.63, 3.8) is 0 Å². The highest BCUT2D eigenvalue weighted by atomic mass is 32.2. The molecule has 0 N–H and O–H groups in total. The van der Waals surface area contributed by atoms with Crippen LogP contribution in [0, 0.1) is 5.92 Å². The molecule has 0 spiro atoms. The van der Waals surface area contributed by atoms with Gasteiger partial charge in [0.2, 0.25) is 5.91 Å². The van der Waals surface area contributed by atoms with Gasteiger partial charge in [0.1, 0.15) is 0 Å². The molecule has 19 heavy (non-hydrogen) atoms. The van der Waals surface area contributed by atoms with E-state index in [0.29, 0.717) is 25.4 Å². The minimum absolute atomic E-state index is 0.00591. The lowest BCUT2D eigenvalue weighted by atomic mass is 9.91. The summed E-state index contributed by atoms with van der Waals surface area (Å²) in [4.78, 5) is 17.9. The van der Waals surface area contributed by atoms with Crippen LogP contribution in [0.1, 0.15) is 17.9 Å². The highest BCUT2D eigenvalue weighted by Crippen LogP contribution is 2.30. The Hall–Kier alpha value is -1.43. The molecule has 3 heterocycles. The first-order valence-electron chi connectivity index (χ1n) is 6.44. The Morgan fingerprint density at radius 1 is 1.26 bits per heavy atom. The molecule has 2 fully saturated rings. The average Bonchev–Trinajstić information content (AvgIpc) is 2.69. The average molecular weight is 280 g/mol. The molecule has 102 valence electrons. The Kier molecular flexibility index (Phi) is 3.05. The van der Waals surface area contributed by atoms with Gasteiger partial charge in [-0.3, -0.25) is 9.78 Å². The van der Waals surface area contributed by atoms with Crippen molar-refractivity contribution in [2.24, 2.45) is 5.92 Å². The molecule has 5 nitrogen and oxygen atoms in total. The second-order valence-electron chi connectivity index (χ2n) is 5.32. The Morgan fingerprint density at radius 2 is 1.95 bits per heavy atom. The predicted octanol–water partition coefficient (Wildman–Crippen LogP) is 0.442. The van der Waals surface area contributed by atoms with E-state index in [1.165, 1.54) is 5.56 Å². The van der Waals surface area contributed by atoms with E-state index >= 15 is 0 Å². The summed E-state index contributed by atoms with van der Waals surface area (Å²) in [5.74, 6) is 0.243. The van der Waals surface area contributed by atoms with Crippen molar-refractivity contribution in [2.75, 3.05) is 24.6 Å². The normalized spacial score (nSPS) is 26.1. The van der Waals surface area contributed by atoms with Crippen LogP contribution in [0.25, 0.3) is 0 Å². The lowest BCUT2D eigenvalue weighted by Gasteiger charge is -2.40. The van der Waals surface area contributed by atoms with Gasteiger partial charge in [-0.25, -0.2) is 8.42 Å². The van der Waals surface area contributed by atoms with Crippen LogP contribution >= 0.6 is 0 Å². The number of pyridine rings is 1. The smallest absolute Gasteiger partial charge is 0.226 e. The standard InChI is InChI=1S/C13H16N2O3S/c16-13(11-3-6-19(17,18)9-11)15-7-12(8-15)10-1-4-14-5-2-10/h1-2,4-5,11-12H,3,6-9H2. The number of carbonyl (C=O) groups excluding carboxylic acids is 1. The number of nitrogens with zero attached hydrogens (tertiary/aromatic N) is 2. The molecule has 1 atom stereocenters. The van der Waals surface area contributed by atoms with E-state index in [1.54, 1.807) is 17.3 Å². The summed E-state index contributed by atoms with van der Waals surface area (Å²) in [7, 11) is -2.98. The van der Waals surface area contributed by atoms with Gasteiger partial charge in [0.15, 0.2) is 9.84 Å². The summed E-state index contributed by atoms with van der Waals surface area (Å²) in [5.41, 5.74) is 1.19. The van der Waals surface area contributed by atoms with Gasteiger partial charge in [-0.2, -0.15) is 0 Å². The van der Waals surface area contributed by atoms with Gasteiger partial charge in [0.25, 0.3) is 0 Å². The summed E-state index contributed by atoms with van der Waals surface area (Å²) in [6.45, 7) is 1.39. The van der Waals surface area contributed by atoms with E-state index in [0.717, 1.165) is 0 Å². The van der Waals surface area contributed by atoms with E-state index in [9.17, 15) is 13.2 Å². The van der Waals surface area contributed by atoms with E-state index in [2.05, 4.69) is 4.98 Å². The minimum atomic E-state index is -2.98. The third kappa shape index (κ3) is 2.49. The summed E-state index contributed by atoms with van der Waals surface area (Å²) >= 11 is 0. The van der Waals surface area contributed by atoms with E-state index in [4.69, 9.17) is 0 Å². The van der Waals surface area contributed by atoms with Crippen molar-refractivity contribution < 1.29 is 13.2 Å². The van der Waals surface area contributed by atoms with Crippen LogP contribution in [0.5, 0.6) is 0 Å². The van der Waals surface area contributed by atoms with Crippen LogP contribution < -0.4 is 0 Å². The van der Waals surface area contributed by atoms with E-state index in [1.807, 2.05) is 12.1 Å². The van der Waals surface area contributed by atoms with Crippen molar-refractivity contribution in [3.05, 3.63) is 30.1 Å². The van der Waals surface area contributed by atoms with Crippen LogP contribution in [0.15, 0.2) is 24.5 Å². The van der Waals surface area contributed by atoms with Gasteiger partial charge >= 0.3 is 0 Å². The maximum Gasteiger partial charge on any atom is 0.226 e. The molecule has 2 aliphatic heterocycles. The lowest BCUT2D eigenvalue weighted by molar-refractivity contribution is -0.139. The van der Waals surface area contributed by atoms with Gasteiger partial charge in [-0.05, 0) is 24.1 Å². The first-order chi connectivity index (χ1) is 9.05. The van der Waals surface area contributed by atoms with Crippen LogP contribution in [-0.2, 0) is 14.6 Å². The molecule has 1 amide bonds. The Balaban J connectivity index is 1.58. The van der Waals surface area contributed by atoms with Crippen LogP contribution in [0.2, 0.25) is 0 Å². The van der Waals surface area contributed by atoms with Crippen LogP contribution in [0.4, 0.5) is 0 Å². The minimum Gasteiger partial charge on any atom is -0.341 e. The number of carbonyl (C=O) groups is 1. The van der Waals surface area contributed by atoms with Crippen molar-refractivity contribution in [1.29, 1.82) is 0 Å². The molecule has 1 unspecified atom stereocenters. The largest absolute Gasteiger partial charge is 0.341 e. The zero-order chi connectivity index (χ0) is 13.5. The highest BCUT2D eigenvalue weighted by Gasteiger charge is 2.39. The number of likely N-dealkylation sites (tertiary alicyclic amines) is 1. The fourth-order valence-corrected chi connectivity index (χ4v) is 4.49. The fraction of sp³-hybridized carbons (Fsp3) is 0.538. The van der Waals surface area contributed by atoms with Crippen LogP contribution in [-0.4, -0.2) is 48.8 Å². The van der Waals surface area contributed by atoms with Crippen LogP contribution in [0.3, 0.4) is 0 Å². The molecule has 1 aromatic rings. The molecule has 6 heteroatoms. The Bertz CT molecular complexity index is 579. The molecule has 2 aliphatic rings. The van der Waals surface area contributed by atoms with Gasteiger partial charge in [-0.15, -0.1) is 0 Å². The van der Waals surface area contributed by atoms with E-state index in [-0.39, 0.29) is 23.3 Å². The predicted molar refractivity (Wildman–Crippen MR) is 70.3 cm³/mol. The summed E-state index contributed by atoms with van der Waals surface area (Å²) in [6.07, 6.45) is 3.99. The van der Waals surface area contributed by atoms with Gasteiger partial charge in [0, 0.05) is 31.4 Å². The molecule has 0 bridgehead atoms. The first-order valence-corrected chi connectivity index (χ1v) is 8.26. The zero-order valence-corrected chi connectivity index (χ0v) is 11.3. The molecule has 3 rings (SSSR count). The SMILES string of the molecule is O=C(C1CCS(=O)(=O)C1)N1CC(c2ccncc2)C1. The molecular weight excluding hydrogens is 264 g/mol. The van der Waals surface area contributed by atoms with E-state index < -0.39 is 9.84 Å². The molecule has 0 aliphatic carbocycles. The maximum absolute atomic E-state index is 12.1. The third-order valence-corrected chi connectivity index (χ3v) is 5.72. The topological polar surface area (TPSA) is 67.3 Å². The lowest BCUT2D eigenvalue weighted by Crippen LogP contribution is -2.50. The van der Waals surface area contributed by atoms with Gasteiger partial charge in [-0.1, -0.05) is 0 Å². The molecular formula is C13H16N2O3S. The molecule has 0 aromatic carbocycles. The van der Waals surface area contributed by atoms with Gasteiger partial charge < -0.3 is 4.90 Å². The summed E-state index contributed by atoms with van der Waals surface area (Å²) < 4.78 is 22.8. The highest BCUT2D eigenvalue weighted by molar-refractivity contribution is 7.91. The Morgan fingerprint density at radius 3 is 2.53 bits per heavy atom. The second kappa shape index (κ2) is 4.59. The first kappa shape index (κ1) is 12.6. The maximum atomic E-state index is 12.1. The van der Waals surface area contributed by atoms with Gasteiger partial charge in [0.05, 0.1) is 17.4 Å². The number of hydrogen-bond acceptors (Lipinski definition) is 4. The number of aromatic nitrogens is 1. The summed E-state index contributed by atoms with van der Waals surface area (Å²) in [6, 6.07) is 3.93. The second-order valence-corrected chi connectivity index (χ2v) is 7.55.